The summed E-state index contributed by atoms with van der Waals surface area (Å²) < 4.78 is 4.53. The summed E-state index contributed by atoms with van der Waals surface area (Å²) in [5.41, 5.74) is 0. The van der Waals surface area contributed by atoms with Crippen LogP contribution in [0.25, 0.3) is 0 Å². The van der Waals surface area contributed by atoms with Gasteiger partial charge in [0, 0.05) is 0 Å². The van der Waals surface area contributed by atoms with Crippen LogP contribution in [0.3, 0.4) is 0 Å². The van der Waals surface area contributed by atoms with Crippen LogP contribution in [-0.4, -0.2) is 24.3 Å². The van der Waals surface area contributed by atoms with Gasteiger partial charge in [-0.3, -0.25) is 4.79 Å². The van der Waals surface area contributed by atoms with Crippen LogP contribution in [0.1, 0.15) is 77.6 Å². The number of ether oxygens (including phenoxy) is 1. The van der Waals surface area contributed by atoms with Crippen molar-refractivity contribution in [3.63, 3.8) is 0 Å². The first-order valence-electron chi connectivity index (χ1n) is 9.40. The number of allylic oxidation sites excluding steroid dienone is 6. The molecule has 3 nitrogen and oxygen atoms in total. The fourth-order valence-corrected chi connectivity index (χ4v) is 2.31. The number of aliphatic hydroxyl groups is 1. The minimum Gasteiger partial charge on any atom is -0.469 e. The SMILES string of the molecule is CCCCC/C=C/C/C=C/C/C=C/CCCCC(O)CC(=O)OC. The van der Waals surface area contributed by atoms with Crippen LogP contribution >= 0.6 is 0 Å². The highest BCUT2D eigenvalue weighted by atomic mass is 16.5. The Labute approximate surface area is 148 Å². The maximum atomic E-state index is 11.0. The Hall–Kier alpha value is -1.35. The number of carbonyl (C=O) groups excluding carboxylic acids is 1. The maximum Gasteiger partial charge on any atom is 0.308 e. The molecule has 0 radical (unpaired) electrons. The zero-order valence-corrected chi connectivity index (χ0v) is 15.6. The van der Waals surface area contributed by atoms with Crippen molar-refractivity contribution in [2.75, 3.05) is 7.11 Å². The average molecular weight is 337 g/mol. The highest BCUT2D eigenvalue weighted by Crippen LogP contribution is 2.08. The van der Waals surface area contributed by atoms with E-state index in [1.54, 1.807) is 0 Å². The summed E-state index contributed by atoms with van der Waals surface area (Å²) in [6, 6.07) is 0. The molecule has 0 aliphatic heterocycles. The summed E-state index contributed by atoms with van der Waals surface area (Å²) >= 11 is 0. The van der Waals surface area contributed by atoms with Crippen LogP contribution in [0.2, 0.25) is 0 Å². The summed E-state index contributed by atoms with van der Waals surface area (Å²) in [6.45, 7) is 2.23. The van der Waals surface area contributed by atoms with Gasteiger partial charge in [0.15, 0.2) is 0 Å². The van der Waals surface area contributed by atoms with Gasteiger partial charge in [-0.05, 0) is 44.9 Å². The van der Waals surface area contributed by atoms with Crippen molar-refractivity contribution < 1.29 is 14.6 Å². The molecule has 0 spiro atoms. The van der Waals surface area contributed by atoms with E-state index in [1.807, 2.05) is 0 Å². The van der Waals surface area contributed by atoms with E-state index in [-0.39, 0.29) is 12.4 Å². The van der Waals surface area contributed by atoms with E-state index in [0.29, 0.717) is 6.42 Å². The monoisotopic (exact) mass is 336 g/mol. The lowest BCUT2D eigenvalue weighted by molar-refractivity contribution is -0.142. The lowest BCUT2D eigenvalue weighted by atomic mass is 10.1. The molecule has 0 heterocycles. The first kappa shape index (κ1) is 22.6. The second-order valence-electron chi connectivity index (χ2n) is 6.10. The average Bonchev–Trinajstić information content (AvgIpc) is 2.58. The Balaban J connectivity index is 3.43. The summed E-state index contributed by atoms with van der Waals surface area (Å²) in [5.74, 6) is -0.343. The molecule has 0 saturated carbocycles. The summed E-state index contributed by atoms with van der Waals surface area (Å²) in [5, 5.41) is 9.62. The van der Waals surface area contributed by atoms with E-state index in [9.17, 15) is 9.90 Å². The molecule has 0 rings (SSSR count). The van der Waals surface area contributed by atoms with Gasteiger partial charge in [-0.2, -0.15) is 0 Å². The van der Waals surface area contributed by atoms with Gasteiger partial charge in [0.1, 0.15) is 0 Å². The topological polar surface area (TPSA) is 46.5 Å². The third-order valence-corrected chi connectivity index (χ3v) is 3.81. The highest BCUT2D eigenvalue weighted by Gasteiger charge is 2.09. The van der Waals surface area contributed by atoms with Crippen LogP contribution in [-0.2, 0) is 9.53 Å². The molecule has 1 N–H and O–H groups in total. The van der Waals surface area contributed by atoms with Crippen molar-refractivity contribution in [2.24, 2.45) is 0 Å². The molecule has 138 valence electrons. The molecule has 3 heteroatoms. The quantitative estimate of drug-likeness (QED) is 0.244. The molecule has 0 amide bonds. The number of carbonyl (C=O) groups is 1. The van der Waals surface area contributed by atoms with E-state index in [2.05, 4.69) is 48.1 Å². The number of unbranched alkanes of at least 4 members (excludes halogenated alkanes) is 5. The Morgan fingerprint density at radius 3 is 2.00 bits per heavy atom. The summed E-state index contributed by atoms with van der Waals surface area (Å²) in [7, 11) is 1.35. The second kappa shape index (κ2) is 18.0. The second-order valence-corrected chi connectivity index (χ2v) is 6.10. The van der Waals surface area contributed by atoms with Gasteiger partial charge in [-0.1, -0.05) is 62.6 Å². The number of methoxy groups -OCH3 is 1. The van der Waals surface area contributed by atoms with Crippen molar-refractivity contribution in [1.29, 1.82) is 0 Å². The van der Waals surface area contributed by atoms with Crippen molar-refractivity contribution in [3.8, 4) is 0 Å². The number of hydrogen-bond donors (Lipinski definition) is 1. The molecular weight excluding hydrogens is 300 g/mol. The molecular formula is C21H36O3. The van der Waals surface area contributed by atoms with Crippen LogP contribution < -0.4 is 0 Å². The molecule has 0 bridgehead atoms. The van der Waals surface area contributed by atoms with Gasteiger partial charge >= 0.3 is 5.97 Å². The number of hydrogen-bond acceptors (Lipinski definition) is 3. The van der Waals surface area contributed by atoms with E-state index in [1.165, 1.54) is 32.8 Å². The number of rotatable bonds is 15. The predicted molar refractivity (Wildman–Crippen MR) is 102 cm³/mol. The maximum absolute atomic E-state index is 11.0. The Kier molecular flexibility index (Phi) is 17.0. The van der Waals surface area contributed by atoms with Gasteiger partial charge in [-0.15, -0.1) is 0 Å². The third-order valence-electron chi connectivity index (χ3n) is 3.81. The normalized spacial score (nSPS) is 13.3. The lowest BCUT2D eigenvalue weighted by Crippen LogP contribution is -2.14. The first-order valence-corrected chi connectivity index (χ1v) is 9.40. The van der Waals surface area contributed by atoms with Crippen LogP contribution in [0.4, 0.5) is 0 Å². The predicted octanol–water partition coefficient (Wildman–Crippen LogP) is 5.50. The standard InChI is InChI=1S/C21H36O3/c1-3-4-5-6-7-8-9-10-11-12-13-14-15-16-17-18-20(22)19-21(23)24-2/h7-8,10-11,13-14,20,22H,3-6,9,12,15-19H2,1-2H3/b8-7+,11-10+,14-13+. The molecule has 1 atom stereocenters. The zero-order valence-electron chi connectivity index (χ0n) is 15.6. The first-order chi connectivity index (χ1) is 11.7. The summed E-state index contributed by atoms with van der Waals surface area (Å²) in [4.78, 5) is 11.0. The largest absolute Gasteiger partial charge is 0.469 e. The molecule has 0 saturated heterocycles. The molecule has 0 aromatic rings. The highest BCUT2D eigenvalue weighted by molar-refractivity contribution is 5.69. The fourth-order valence-electron chi connectivity index (χ4n) is 2.31. The van der Waals surface area contributed by atoms with Crippen LogP contribution in [0.15, 0.2) is 36.5 Å². The van der Waals surface area contributed by atoms with Crippen molar-refractivity contribution in [3.05, 3.63) is 36.5 Å². The van der Waals surface area contributed by atoms with Gasteiger partial charge in [-0.25, -0.2) is 0 Å². The molecule has 0 aliphatic carbocycles. The molecule has 0 aromatic carbocycles. The smallest absolute Gasteiger partial charge is 0.308 e. The minimum absolute atomic E-state index is 0.101. The van der Waals surface area contributed by atoms with Crippen molar-refractivity contribution >= 4 is 5.97 Å². The van der Waals surface area contributed by atoms with E-state index in [4.69, 9.17) is 0 Å². The molecule has 24 heavy (non-hydrogen) atoms. The van der Waals surface area contributed by atoms with E-state index < -0.39 is 6.10 Å². The van der Waals surface area contributed by atoms with Crippen molar-refractivity contribution in [2.45, 2.75) is 83.7 Å². The Morgan fingerprint density at radius 2 is 1.46 bits per heavy atom. The molecule has 0 aliphatic rings. The fraction of sp³-hybridized carbons (Fsp3) is 0.667. The van der Waals surface area contributed by atoms with Crippen LogP contribution in [0, 0.1) is 0 Å². The van der Waals surface area contributed by atoms with Gasteiger partial charge in [0.05, 0.1) is 19.6 Å². The van der Waals surface area contributed by atoms with Crippen molar-refractivity contribution in [1.82, 2.24) is 0 Å². The van der Waals surface area contributed by atoms with Crippen LogP contribution in [0.5, 0.6) is 0 Å². The molecule has 1 unspecified atom stereocenters. The van der Waals surface area contributed by atoms with Gasteiger partial charge in [0.25, 0.3) is 0 Å². The van der Waals surface area contributed by atoms with E-state index >= 15 is 0 Å². The number of aliphatic hydroxyl groups excluding tert-OH is 1. The van der Waals surface area contributed by atoms with Gasteiger partial charge < -0.3 is 9.84 Å². The van der Waals surface area contributed by atoms with E-state index in [0.717, 1.165) is 32.1 Å². The summed E-state index contributed by atoms with van der Waals surface area (Å²) in [6.07, 6.45) is 23.6. The Morgan fingerprint density at radius 1 is 0.917 bits per heavy atom. The molecule has 0 aromatic heterocycles. The Bertz CT molecular complexity index is 369. The lowest BCUT2D eigenvalue weighted by Gasteiger charge is -2.07. The third kappa shape index (κ3) is 17.0. The number of esters is 1. The molecule has 0 fully saturated rings. The zero-order chi connectivity index (χ0) is 17.9. The minimum atomic E-state index is -0.570. The van der Waals surface area contributed by atoms with Gasteiger partial charge in [0.2, 0.25) is 0 Å².